The van der Waals surface area contributed by atoms with Gasteiger partial charge in [0.25, 0.3) is 0 Å². The van der Waals surface area contributed by atoms with Crippen LogP contribution in [0.5, 0.6) is 23.0 Å². The fraction of sp³-hybridized carbons (Fsp3) is 0. The minimum absolute atomic E-state index is 0.197. The molecule has 0 bridgehead atoms. The predicted molar refractivity (Wildman–Crippen MR) is 134 cm³/mol. The van der Waals surface area contributed by atoms with E-state index in [0.29, 0.717) is 35.8 Å². The molecule has 0 atom stereocenters. The van der Waals surface area contributed by atoms with Crippen LogP contribution in [-0.4, -0.2) is 42.8 Å². The quantitative estimate of drug-likeness (QED) is 0.0719. The van der Waals surface area contributed by atoms with Gasteiger partial charge in [-0.2, -0.15) is 0 Å². The van der Waals surface area contributed by atoms with Crippen LogP contribution < -0.4 is 0 Å². The Bertz CT molecular complexity index is 585. The van der Waals surface area contributed by atoms with Gasteiger partial charge < -0.3 is 35.5 Å². The Morgan fingerprint density at radius 1 is 0.357 bits per heavy atom. The molecule has 2 aromatic carbocycles. The van der Waals surface area contributed by atoms with Crippen LogP contribution in [0.2, 0.25) is 0 Å². The molecular weight excluding hydrogens is 906 g/mol. The third kappa shape index (κ3) is 7.84. The fourth-order valence-corrected chi connectivity index (χ4v) is 5.37. The van der Waals surface area contributed by atoms with Crippen LogP contribution in [0.1, 0.15) is 0 Å². The number of hydrogen-bond donors (Lipinski definition) is 7. The summed E-state index contributed by atoms with van der Waals surface area (Å²) in [5.74, 6) is -0.789. The Balaban J connectivity index is 0.000000439. The zero-order valence-corrected chi connectivity index (χ0v) is 25.4. The summed E-state index contributed by atoms with van der Waals surface area (Å²) < 4.78 is 4.22. The van der Waals surface area contributed by atoms with Gasteiger partial charge in [-0.1, -0.05) is 0 Å². The van der Waals surface area contributed by atoms with Gasteiger partial charge in [0.05, 0.1) is 35.8 Å². The lowest BCUT2D eigenvalue weighted by Gasteiger charge is -2.07. The molecule has 0 aliphatic rings. The normalized spacial score (nSPS) is 9.82. The van der Waals surface area contributed by atoms with E-state index in [9.17, 15) is 20.4 Å². The maximum atomic E-state index is 9.31. The summed E-state index contributed by atoms with van der Waals surface area (Å²) >= 11 is 25.3. The van der Waals surface area contributed by atoms with Crippen molar-refractivity contribution < 1.29 is 35.5 Å². The Kier molecular flexibility index (Phi) is 13.7. The van der Waals surface area contributed by atoms with Crippen LogP contribution >= 0.6 is 127 Å². The average molecular weight is 913 g/mol. The number of hydrogen-bond acceptors (Lipinski definition) is 7. The number of rotatable bonds is 0. The van der Waals surface area contributed by atoms with Gasteiger partial charge in [-0.3, -0.25) is 0 Å². The second-order valence-electron chi connectivity index (χ2n) is 4.25. The van der Waals surface area contributed by atoms with Crippen molar-refractivity contribution in [3.05, 3.63) is 35.8 Å². The molecule has 0 aliphatic carbocycles. The minimum atomic E-state index is -2.17. The molecule has 7 N–H and O–H groups in total. The minimum Gasteiger partial charge on any atom is -0.503 e. The SMILES string of the molecule is OB(O)O.Oc1c(O)c(Br)c(Br)c(Br)c1Br.Oc1c(O)c(Br)c(Br)c(Br)c1Br. The van der Waals surface area contributed by atoms with E-state index in [4.69, 9.17) is 15.1 Å². The topological polar surface area (TPSA) is 142 Å². The Morgan fingerprint density at radius 2 is 0.464 bits per heavy atom. The summed E-state index contributed by atoms with van der Waals surface area (Å²) in [5.41, 5.74) is 0. The average Bonchev–Trinajstić information content (AvgIpc) is 2.64. The molecule has 0 fully saturated rings. The standard InChI is InChI=1S/2C6H2Br4O2.BH3O3/c2*7-1-2(8)4(10)6(12)5(11)3(1)9;2-1(3)4/h2*11-12H;2-4H. The molecule has 2 rings (SSSR count). The highest BCUT2D eigenvalue weighted by molar-refractivity contribution is 9.15. The molecule has 0 saturated heterocycles. The summed E-state index contributed by atoms with van der Waals surface area (Å²) in [6.07, 6.45) is 0. The summed E-state index contributed by atoms with van der Waals surface area (Å²) in [7, 11) is -2.17. The third-order valence-corrected chi connectivity index (χ3v) is 11.9. The van der Waals surface area contributed by atoms with Gasteiger partial charge in [0.2, 0.25) is 0 Å². The molecule has 0 saturated carbocycles. The van der Waals surface area contributed by atoms with E-state index in [0.717, 1.165) is 0 Å². The molecule has 0 amide bonds. The number of aromatic hydroxyl groups is 4. The van der Waals surface area contributed by atoms with Crippen LogP contribution in [0.15, 0.2) is 35.8 Å². The zero-order valence-electron chi connectivity index (χ0n) is 12.7. The molecule has 2 aromatic rings. The van der Waals surface area contributed by atoms with Gasteiger partial charge >= 0.3 is 7.32 Å². The van der Waals surface area contributed by atoms with Crippen molar-refractivity contribution in [2.24, 2.45) is 0 Å². The molecule has 7 nitrogen and oxygen atoms in total. The van der Waals surface area contributed by atoms with Crippen LogP contribution in [0.25, 0.3) is 0 Å². The van der Waals surface area contributed by atoms with Gasteiger partial charge in [0.1, 0.15) is 0 Å². The van der Waals surface area contributed by atoms with Gasteiger partial charge in [0.15, 0.2) is 23.0 Å². The number of phenols is 4. The lowest BCUT2D eigenvalue weighted by Crippen LogP contribution is -2.07. The molecule has 0 aromatic heterocycles. The van der Waals surface area contributed by atoms with Crippen LogP contribution in [0.4, 0.5) is 0 Å². The first-order chi connectivity index (χ1) is 12.7. The Labute approximate surface area is 226 Å². The number of phenolic OH excluding ortho intramolecular Hbond substituents is 4. The molecule has 0 heterocycles. The lowest BCUT2D eigenvalue weighted by molar-refractivity contribution is 0.278. The maximum absolute atomic E-state index is 9.31. The lowest BCUT2D eigenvalue weighted by atomic mass is 10.3. The smallest absolute Gasteiger partial charge is 0.503 e. The highest BCUT2D eigenvalue weighted by atomic mass is 79.9. The van der Waals surface area contributed by atoms with E-state index in [2.05, 4.69) is 127 Å². The highest BCUT2D eigenvalue weighted by Crippen LogP contribution is 2.50. The molecule has 0 aliphatic heterocycles. The summed E-state index contributed by atoms with van der Waals surface area (Å²) in [6.45, 7) is 0. The van der Waals surface area contributed by atoms with E-state index in [1.807, 2.05) is 0 Å². The Morgan fingerprint density at radius 3 is 0.571 bits per heavy atom. The second-order valence-corrected chi connectivity index (χ2v) is 10.6. The number of benzene rings is 2. The molecule has 0 radical (unpaired) electrons. The van der Waals surface area contributed by atoms with Crippen molar-refractivity contribution in [3.63, 3.8) is 0 Å². The first kappa shape index (κ1) is 29.4. The first-order valence-corrected chi connectivity index (χ1v) is 12.5. The monoisotopic (exact) mass is 905 g/mol. The van der Waals surface area contributed by atoms with Crippen molar-refractivity contribution in [1.29, 1.82) is 0 Å². The summed E-state index contributed by atoms with van der Waals surface area (Å²) in [6, 6.07) is 0. The van der Waals surface area contributed by atoms with Crippen molar-refractivity contribution >= 4 is 135 Å². The van der Waals surface area contributed by atoms with Gasteiger partial charge in [-0.05, 0) is 127 Å². The highest BCUT2D eigenvalue weighted by Gasteiger charge is 2.18. The maximum Gasteiger partial charge on any atom is 0.631 e. The zero-order chi connectivity index (χ0) is 22.5. The summed E-state index contributed by atoms with van der Waals surface area (Å²) in [5, 5.41) is 58.8. The van der Waals surface area contributed by atoms with E-state index >= 15 is 0 Å². The van der Waals surface area contributed by atoms with Crippen LogP contribution in [0, 0.1) is 0 Å². The van der Waals surface area contributed by atoms with E-state index in [1.54, 1.807) is 0 Å². The largest absolute Gasteiger partial charge is 0.631 e. The van der Waals surface area contributed by atoms with E-state index in [-0.39, 0.29) is 23.0 Å². The molecular formula is C12H7BBr8O7. The first-order valence-electron chi connectivity index (χ1n) is 6.18. The van der Waals surface area contributed by atoms with Gasteiger partial charge in [-0.15, -0.1) is 0 Å². The van der Waals surface area contributed by atoms with E-state index in [1.165, 1.54) is 0 Å². The van der Waals surface area contributed by atoms with Crippen LogP contribution in [0.3, 0.4) is 0 Å². The molecule has 0 spiro atoms. The molecule has 156 valence electrons. The van der Waals surface area contributed by atoms with Crippen molar-refractivity contribution in [3.8, 4) is 23.0 Å². The molecule has 28 heavy (non-hydrogen) atoms. The van der Waals surface area contributed by atoms with Crippen molar-refractivity contribution in [2.75, 3.05) is 0 Å². The van der Waals surface area contributed by atoms with Gasteiger partial charge in [0, 0.05) is 0 Å². The van der Waals surface area contributed by atoms with Gasteiger partial charge in [-0.25, -0.2) is 0 Å². The van der Waals surface area contributed by atoms with Crippen LogP contribution in [-0.2, 0) is 0 Å². The third-order valence-electron chi connectivity index (χ3n) is 2.44. The second kappa shape index (κ2) is 13.1. The van der Waals surface area contributed by atoms with Crippen molar-refractivity contribution in [2.45, 2.75) is 0 Å². The fourth-order valence-electron chi connectivity index (χ4n) is 1.22. The Hall–Kier alpha value is 1.42. The summed E-state index contributed by atoms with van der Waals surface area (Å²) in [4.78, 5) is 0. The van der Waals surface area contributed by atoms with Crippen molar-refractivity contribution in [1.82, 2.24) is 0 Å². The molecule has 16 heteroatoms. The predicted octanol–water partition coefficient (Wildman–Crippen LogP) is 6.24. The number of halogens is 8. The molecule has 0 unspecified atom stereocenters. The van der Waals surface area contributed by atoms with E-state index < -0.39 is 7.32 Å².